The smallest absolute Gasteiger partial charge is 0.407 e. The van der Waals surface area contributed by atoms with E-state index in [1.165, 1.54) is 19.8 Å². The fourth-order valence-corrected chi connectivity index (χ4v) is 8.84. The molecule has 302 valence electrons. The van der Waals surface area contributed by atoms with Crippen LogP contribution in [0.25, 0.3) is 11.3 Å². The lowest BCUT2D eigenvalue weighted by atomic mass is 9.77. The molecule has 4 heterocycles. The zero-order valence-electron chi connectivity index (χ0n) is 33.2. The number of likely N-dealkylation sites (tertiary alicyclic amines) is 2. The number of H-pyrrole nitrogens is 2. The third kappa shape index (κ3) is 8.69. The van der Waals surface area contributed by atoms with Crippen LogP contribution in [0.1, 0.15) is 124 Å². The molecule has 2 saturated heterocycles. The molecule has 14 heteroatoms. The zero-order valence-corrected chi connectivity index (χ0v) is 33.2. The molecule has 4 N–H and O–H groups in total. The van der Waals surface area contributed by atoms with E-state index in [9.17, 15) is 19.2 Å². The maximum absolute atomic E-state index is 13.9. The van der Waals surface area contributed by atoms with Gasteiger partial charge < -0.3 is 39.9 Å². The van der Waals surface area contributed by atoms with Crippen molar-refractivity contribution in [2.24, 2.45) is 5.92 Å². The number of ether oxygens (including phenoxy) is 2. The number of alkyl carbamates (subject to hydrolysis) is 2. The van der Waals surface area contributed by atoms with Gasteiger partial charge in [-0.25, -0.2) is 19.6 Å². The van der Waals surface area contributed by atoms with Gasteiger partial charge in [0.2, 0.25) is 5.91 Å². The highest BCUT2D eigenvalue weighted by Gasteiger charge is 2.39. The van der Waals surface area contributed by atoms with E-state index >= 15 is 0 Å². The molecule has 57 heavy (non-hydrogen) atoms. The van der Waals surface area contributed by atoms with Crippen LogP contribution in [0.3, 0.4) is 0 Å². The lowest BCUT2D eigenvalue weighted by Gasteiger charge is -2.30. The largest absolute Gasteiger partial charge is 0.453 e. The minimum absolute atomic E-state index is 0.0948. The molecule has 0 spiro atoms. The minimum Gasteiger partial charge on any atom is -0.453 e. The highest BCUT2D eigenvalue weighted by atomic mass is 16.5. The number of rotatable bonds is 11. The molecule has 7 rings (SSSR count). The molecule has 3 aliphatic rings. The zero-order chi connectivity index (χ0) is 40.1. The molecule has 4 atom stereocenters. The fourth-order valence-electron chi connectivity index (χ4n) is 8.84. The van der Waals surface area contributed by atoms with Crippen LogP contribution >= 0.6 is 0 Å². The van der Waals surface area contributed by atoms with E-state index < -0.39 is 24.3 Å². The normalized spacial score (nSPS) is 21.9. The first-order chi connectivity index (χ1) is 27.6. The van der Waals surface area contributed by atoms with Gasteiger partial charge in [-0.1, -0.05) is 68.4 Å². The van der Waals surface area contributed by atoms with E-state index in [-0.39, 0.29) is 29.8 Å². The SMILES string of the molecule is COC(=O)N[C@H](C(=O)N1CCC[C@H]1c1ncc(-c2ccc(C3CCC(c4cnc([C@@H]5CCCN5C(=O)[C@H](NC(=O)OC)c5ccccc5)[nH]4)CC3)cc2)[nH]1)C(C)C. The molecule has 14 nitrogen and oxygen atoms in total. The van der Waals surface area contributed by atoms with Crippen LogP contribution in [-0.2, 0) is 19.1 Å². The molecule has 4 aromatic rings. The van der Waals surface area contributed by atoms with Crippen molar-refractivity contribution in [1.29, 1.82) is 0 Å². The van der Waals surface area contributed by atoms with Gasteiger partial charge >= 0.3 is 12.2 Å². The summed E-state index contributed by atoms with van der Waals surface area (Å²) in [4.78, 5) is 71.9. The van der Waals surface area contributed by atoms with Gasteiger partial charge in [0.05, 0.1) is 38.2 Å². The maximum Gasteiger partial charge on any atom is 0.407 e. The van der Waals surface area contributed by atoms with Gasteiger partial charge in [-0.15, -0.1) is 0 Å². The summed E-state index contributed by atoms with van der Waals surface area (Å²) in [7, 11) is 2.59. The number of aromatic amines is 2. The Bertz CT molecular complexity index is 2000. The highest BCUT2D eigenvalue weighted by Crippen LogP contribution is 2.42. The summed E-state index contributed by atoms with van der Waals surface area (Å²) in [6.07, 6.45) is 10.0. The van der Waals surface area contributed by atoms with E-state index in [0.29, 0.717) is 30.5 Å². The van der Waals surface area contributed by atoms with Crippen molar-refractivity contribution in [2.45, 2.75) is 101 Å². The molecule has 0 unspecified atom stereocenters. The molecule has 3 fully saturated rings. The van der Waals surface area contributed by atoms with Crippen molar-refractivity contribution in [2.75, 3.05) is 27.3 Å². The van der Waals surface area contributed by atoms with Crippen LogP contribution in [0.2, 0.25) is 0 Å². The van der Waals surface area contributed by atoms with Gasteiger partial charge in [0.15, 0.2) is 0 Å². The standard InChI is InChI=1S/C43H54N8O6/c1-26(2)36(48-42(54)56-3)40(52)50-22-8-12-34(50)38-44-24-32(46-38)29-18-14-27(15-19-29)28-16-20-30(21-17-28)33-25-45-39(47-33)35-13-9-23-51(35)41(53)37(49-43(55)57-4)31-10-6-5-7-11-31/h5-7,10-11,14-15,18-19,24-26,28,30,34-37H,8-9,12-13,16-17,20-23H2,1-4H3,(H,44,46)(H,45,47)(H,48,54)(H,49,55)/t28?,30?,34-,35-,36-,37+/m0/s1. The summed E-state index contributed by atoms with van der Waals surface area (Å²) < 4.78 is 9.60. The van der Waals surface area contributed by atoms with Crippen LogP contribution in [-0.4, -0.2) is 87.1 Å². The molecule has 0 bridgehead atoms. The average Bonchev–Trinajstić information content (AvgIpc) is 4.09. The molecule has 2 aromatic carbocycles. The number of hydrogen-bond donors (Lipinski definition) is 4. The van der Waals surface area contributed by atoms with Crippen molar-refractivity contribution >= 4 is 24.0 Å². The van der Waals surface area contributed by atoms with Crippen LogP contribution in [0.4, 0.5) is 9.59 Å². The number of carbonyl (C=O) groups is 4. The Hall–Kier alpha value is -5.66. The summed E-state index contributed by atoms with van der Waals surface area (Å²) in [6.45, 7) is 5.02. The van der Waals surface area contributed by atoms with Gasteiger partial charge in [0, 0.05) is 30.9 Å². The molecule has 1 aliphatic carbocycles. The quantitative estimate of drug-likeness (QED) is 0.125. The fraction of sp³-hybridized carbons (Fsp3) is 0.488. The molecule has 0 radical (unpaired) electrons. The van der Waals surface area contributed by atoms with Crippen molar-refractivity contribution < 1.29 is 28.7 Å². The van der Waals surface area contributed by atoms with E-state index in [1.54, 1.807) is 0 Å². The van der Waals surface area contributed by atoms with E-state index in [1.807, 2.05) is 66.4 Å². The predicted octanol–water partition coefficient (Wildman–Crippen LogP) is 7.05. The second-order valence-electron chi connectivity index (χ2n) is 15.8. The third-order valence-corrected chi connectivity index (χ3v) is 12.0. The first kappa shape index (κ1) is 39.6. The third-order valence-electron chi connectivity index (χ3n) is 12.0. The Morgan fingerprint density at radius 3 is 1.91 bits per heavy atom. The molecule has 2 aromatic heterocycles. The first-order valence-electron chi connectivity index (χ1n) is 20.2. The summed E-state index contributed by atoms with van der Waals surface area (Å²) in [5.41, 5.74) is 5.08. The second kappa shape index (κ2) is 17.6. The van der Waals surface area contributed by atoms with Crippen LogP contribution in [0, 0.1) is 5.92 Å². The lowest BCUT2D eigenvalue weighted by Crippen LogP contribution is -2.51. The number of nitrogens with one attached hydrogen (secondary N) is 4. The van der Waals surface area contributed by atoms with Crippen LogP contribution < -0.4 is 10.6 Å². The Labute approximate surface area is 333 Å². The van der Waals surface area contributed by atoms with Crippen molar-refractivity contribution in [1.82, 2.24) is 40.4 Å². The predicted molar refractivity (Wildman–Crippen MR) is 213 cm³/mol. The van der Waals surface area contributed by atoms with E-state index in [0.717, 1.165) is 80.0 Å². The summed E-state index contributed by atoms with van der Waals surface area (Å²) in [6, 6.07) is 16.1. The van der Waals surface area contributed by atoms with Crippen molar-refractivity contribution in [3.05, 3.63) is 95.5 Å². The first-order valence-corrected chi connectivity index (χ1v) is 20.2. The number of methoxy groups -OCH3 is 2. The Kier molecular flexibility index (Phi) is 12.2. The molecule has 1 saturated carbocycles. The van der Waals surface area contributed by atoms with Gasteiger partial charge in [-0.3, -0.25) is 9.59 Å². The number of aromatic nitrogens is 4. The van der Waals surface area contributed by atoms with Crippen LogP contribution in [0.5, 0.6) is 0 Å². The van der Waals surface area contributed by atoms with Gasteiger partial charge in [-0.2, -0.15) is 0 Å². The van der Waals surface area contributed by atoms with E-state index in [2.05, 4.69) is 44.9 Å². The summed E-state index contributed by atoms with van der Waals surface area (Å²) in [5.74, 6) is 1.97. The van der Waals surface area contributed by atoms with Crippen LogP contribution in [0.15, 0.2) is 67.0 Å². The topological polar surface area (TPSA) is 175 Å². The number of hydrogen-bond acceptors (Lipinski definition) is 8. The average molecular weight is 779 g/mol. The Balaban J connectivity index is 0.951. The number of carbonyl (C=O) groups excluding carboxylic acids is 4. The Morgan fingerprint density at radius 1 is 0.702 bits per heavy atom. The lowest BCUT2D eigenvalue weighted by molar-refractivity contribution is -0.135. The summed E-state index contributed by atoms with van der Waals surface area (Å²) >= 11 is 0. The number of amides is 4. The maximum atomic E-state index is 13.9. The van der Waals surface area contributed by atoms with Crippen molar-refractivity contribution in [3.8, 4) is 11.3 Å². The van der Waals surface area contributed by atoms with Crippen molar-refractivity contribution in [3.63, 3.8) is 0 Å². The van der Waals surface area contributed by atoms with Gasteiger partial charge in [-0.05, 0) is 79.9 Å². The second-order valence-corrected chi connectivity index (χ2v) is 15.8. The molecular weight excluding hydrogens is 725 g/mol. The minimum atomic E-state index is -0.850. The highest BCUT2D eigenvalue weighted by molar-refractivity contribution is 5.88. The number of benzene rings is 2. The number of imidazole rings is 2. The monoisotopic (exact) mass is 778 g/mol. The molecule has 4 amide bonds. The number of nitrogens with zero attached hydrogens (tertiary/aromatic N) is 4. The van der Waals surface area contributed by atoms with Gasteiger partial charge in [0.1, 0.15) is 23.7 Å². The summed E-state index contributed by atoms with van der Waals surface area (Å²) in [5, 5.41) is 5.44. The van der Waals surface area contributed by atoms with E-state index in [4.69, 9.17) is 19.4 Å². The molecule has 2 aliphatic heterocycles. The molecular formula is C43H54N8O6. The van der Waals surface area contributed by atoms with Gasteiger partial charge in [0.25, 0.3) is 5.91 Å². The Morgan fingerprint density at radius 2 is 1.28 bits per heavy atom.